The lowest BCUT2D eigenvalue weighted by Gasteiger charge is -2.09. The number of rotatable bonds is 17. The molecule has 0 heterocycles. The highest BCUT2D eigenvalue weighted by Gasteiger charge is 2.01. The maximum atomic E-state index is 2.30. The standard InChI is InChI=1S/C26H46/c1-4-5-6-7-8-9-10-11-12-13-14-15-16-17-18-19-23-26-24(2)21-20-22-25(26)3/h20-22H,4-19,23H2,1-3H3. The lowest BCUT2D eigenvalue weighted by atomic mass is 9.97. The van der Waals surface area contributed by atoms with Crippen LogP contribution in [-0.2, 0) is 6.42 Å². The third-order valence-electron chi connectivity index (χ3n) is 5.92. The molecule has 0 atom stereocenters. The highest BCUT2D eigenvalue weighted by Crippen LogP contribution is 2.18. The summed E-state index contributed by atoms with van der Waals surface area (Å²) >= 11 is 0. The van der Waals surface area contributed by atoms with Gasteiger partial charge in [-0.1, -0.05) is 121 Å². The molecule has 0 saturated carbocycles. The molecule has 0 amide bonds. The van der Waals surface area contributed by atoms with Crippen LogP contribution in [0, 0.1) is 13.8 Å². The molecule has 0 aromatic heterocycles. The van der Waals surface area contributed by atoms with Crippen LogP contribution in [0.3, 0.4) is 0 Å². The van der Waals surface area contributed by atoms with Crippen molar-refractivity contribution in [3.63, 3.8) is 0 Å². The Morgan fingerprint density at radius 3 is 1.23 bits per heavy atom. The van der Waals surface area contributed by atoms with Crippen LogP contribution >= 0.6 is 0 Å². The van der Waals surface area contributed by atoms with E-state index in [0.29, 0.717) is 0 Å². The van der Waals surface area contributed by atoms with E-state index in [1.165, 1.54) is 120 Å². The van der Waals surface area contributed by atoms with E-state index in [-0.39, 0.29) is 0 Å². The summed E-state index contributed by atoms with van der Waals surface area (Å²) in [4.78, 5) is 0. The first kappa shape index (κ1) is 23.3. The Hall–Kier alpha value is -0.780. The minimum Gasteiger partial charge on any atom is -0.0654 e. The molecule has 1 aromatic rings. The van der Waals surface area contributed by atoms with Crippen molar-refractivity contribution in [3.8, 4) is 0 Å². The first-order chi connectivity index (χ1) is 12.8. The fraction of sp³-hybridized carbons (Fsp3) is 0.769. The molecule has 150 valence electrons. The van der Waals surface area contributed by atoms with Gasteiger partial charge in [0.15, 0.2) is 0 Å². The highest BCUT2D eigenvalue weighted by molar-refractivity contribution is 5.33. The van der Waals surface area contributed by atoms with E-state index >= 15 is 0 Å². The molecule has 1 rings (SSSR count). The number of hydrogen-bond donors (Lipinski definition) is 0. The maximum Gasteiger partial charge on any atom is -0.0274 e. The summed E-state index contributed by atoms with van der Waals surface area (Å²) in [7, 11) is 0. The maximum absolute atomic E-state index is 2.30. The number of hydrogen-bond acceptors (Lipinski definition) is 0. The minimum atomic E-state index is 1.27. The molecule has 0 heteroatoms. The third-order valence-corrected chi connectivity index (χ3v) is 5.92. The molecule has 0 aliphatic carbocycles. The number of benzene rings is 1. The fourth-order valence-corrected chi connectivity index (χ4v) is 4.09. The van der Waals surface area contributed by atoms with Crippen molar-refractivity contribution in [2.45, 2.75) is 130 Å². The van der Waals surface area contributed by atoms with Gasteiger partial charge in [0.2, 0.25) is 0 Å². The third kappa shape index (κ3) is 11.8. The van der Waals surface area contributed by atoms with Gasteiger partial charge in [-0.15, -0.1) is 0 Å². The summed E-state index contributed by atoms with van der Waals surface area (Å²) in [6.07, 6.45) is 24.4. The summed E-state index contributed by atoms with van der Waals surface area (Å²) in [5.41, 5.74) is 4.55. The average molecular weight is 359 g/mol. The molecule has 0 bridgehead atoms. The van der Waals surface area contributed by atoms with E-state index in [0.717, 1.165) is 0 Å². The molecule has 0 aliphatic rings. The molecule has 26 heavy (non-hydrogen) atoms. The van der Waals surface area contributed by atoms with E-state index in [4.69, 9.17) is 0 Å². The Balaban J connectivity index is 1.81. The monoisotopic (exact) mass is 358 g/mol. The fourth-order valence-electron chi connectivity index (χ4n) is 4.09. The van der Waals surface area contributed by atoms with Crippen LogP contribution in [0.1, 0.15) is 126 Å². The van der Waals surface area contributed by atoms with Gasteiger partial charge in [0.25, 0.3) is 0 Å². The Morgan fingerprint density at radius 1 is 0.500 bits per heavy atom. The molecule has 0 N–H and O–H groups in total. The molecule has 0 fully saturated rings. The minimum absolute atomic E-state index is 1.27. The normalized spacial score (nSPS) is 11.2. The van der Waals surface area contributed by atoms with Gasteiger partial charge in [-0.25, -0.2) is 0 Å². The second-order valence-corrected chi connectivity index (χ2v) is 8.42. The van der Waals surface area contributed by atoms with Gasteiger partial charge < -0.3 is 0 Å². The predicted molar refractivity (Wildman–Crippen MR) is 119 cm³/mol. The molecule has 0 spiro atoms. The second kappa shape index (κ2) is 16.4. The van der Waals surface area contributed by atoms with E-state index < -0.39 is 0 Å². The molecular formula is C26H46. The molecule has 1 aromatic carbocycles. The van der Waals surface area contributed by atoms with E-state index in [2.05, 4.69) is 39.0 Å². The van der Waals surface area contributed by atoms with Crippen LogP contribution in [0.25, 0.3) is 0 Å². The van der Waals surface area contributed by atoms with Crippen LogP contribution in [0.2, 0.25) is 0 Å². The van der Waals surface area contributed by atoms with Gasteiger partial charge in [0, 0.05) is 0 Å². The molecule has 0 unspecified atom stereocenters. The zero-order valence-corrected chi connectivity index (χ0v) is 18.3. The van der Waals surface area contributed by atoms with E-state index in [9.17, 15) is 0 Å². The smallest absolute Gasteiger partial charge is 0.0274 e. The van der Waals surface area contributed by atoms with Crippen molar-refractivity contribution in [2.24, 2.45) is 0 Å². The van der Waals surface area contributed by atoms with Crippen LogP contribution < -0.4 is 0 Å². The SMILES string of the molecule is CCCCCCCCCCCCCCCCCCc1c(C)cccc1C. The zero-order chi connectivity index (χ0) is 18.9. The van der Waals surface area contributed by atoms with Gasteiger partial charge in [-0.3, -0.25) is 0 Å². The van der Waals surface area contributed by atoms with Crippen molar-refractivity contribution >= 4 is 0 Å². The average Bonchev–Trinajstić information content (AvgIpc) is 2.63. The van der Waals surface area contributed by atoms with Gasteiger partial charge in [-0.2, -0.15) is 0 Å². The van der Waals surface area contributed by atoms with Crippen LogP contribution in [0.15, 0.2) is 18.2 Å². The van der Waals surface area contributed by atoms with Crippen LogP contribution in [0.5, 0.6) is 0 Å². The van der Waals surface area contributed by atoms with Crippen molar-refractivity contribution in [2.75, 3.05) is 0 Å². The molecular weight excluding hydrogens is 312 g/mol. The number of aryl methyl sites for hydroxylation is 2. The number of unbranched alkanes of at least 4 members (excludes halogenated alkanes) is 15. The first-order valence-corrected chi connectivity index (χ1v) is 11.8. The first-order valence-electron chi connectivity index (χ1n) is 11.8. The summed E-state index contributed by atoms with van der Waals surface area (Å²) in [6.45, 7) is 6.82. The molecule has 0 radical (unpaired) electrons. The largest absolute Gasteiger partial charge is 0.0654 e. The van der Waals surface area contributed by atoms with E-state index in [1.54, 1.807) is 5.56 Å². The van der Waals surface area contributed by atoms with Gasteiger partial charge in [0.1, 0.15) is 0 Å². The topological polar surface area (TPSA) is 0 Å². The van der Waals surface area contributed by atoms with Crippen molar-refractivity contribution in [1.82, 2.24) is 0 Å². The van der Waals surface area contributed by atoms with Crippen molar-refractivity contribution < 1.29 is 0 Å². The van der Waals surface area contributed by atoms with Crippen molar-refractivity contribution in [1.29, 1.82) is 0 Å². The Morgan fingerprint density at radius 2 is 0.846 bits per heavy atom. The van der Waals surface area contributed by atoms with Gasteiger partial charge >= 0.3 is 0 Å². The highest BCUT2D eigenvalue weighted by atomic mass is 14.1. The van der Waals surface area contributed by atoms with Crippen molar-refractivity contribution in [3.05, 3.63) is 34.9 Å². The summed E-state index contributed by atoms with van der Waals surface area (Å²) in [5.74, 6) is 0. The second-order valence-electron chi connectivity index (χ2n) is 8.42. The quantitative estimate of drug-likeness (QED) is 0.243. The summed E-state index contributed by atoms with van der Waals surface area (Å²) in [5, 5.41) is 0. The zero-order valence-electron chi connectivity index (χ0n) is 18.3. The Bertz CT molecular complexity index is 411. The van der Waals surface area contributed by atoms with Gasteiger partial charge in [-0.05, 0) is 43.4 Å². The lowest BCUT2D eigenvalue weighted by Crippen LogP contribution is -1.94. The van der Waals surface area contributed by atoms with Crippen LogP contribution in [0.4, 0.5) is 0 Å². The Kier molecular flexibility index (Phi) is 14.7. The molecule has 0 aliphatic heterocycles. The predicted octanol–water partition coefficient (Wildman–Crippen LogP) is 9.11. The summed E-state index contributed by atoms with van der Waals surface area (Å²) in [6, 6.07) is 6.70. The van der Waals surface area contributed by atoms with Gasteiger partial charge in [0.05, 0.1) is 0 Å². The van der Waals surface area contributed by atoms with E-state index in [1.807, 2.05) is 0 Å². The Labute approximate surface area is 165 Å². The molecule has 0 nitrogen and oxygen atoms in total. The molecule has 0 saturated heterocycles. The lowest BCUT2D eigenvalue weighted by molar-refractivity contribution is 0.529. The van der Waals surface area contributed by atoms with Crippen LogP contribution in [-0.4, -0.2) is 0 Å². The summed E-state index contributed by atoms with van der Waals surface area (Å²) < 4.78 is 0.